The maximum absolute atomic E-state index is 13.6. The third-order valence-corrected chi connectivity index (χ3v) is 7.67. The predicted molar refractivity (Wildman–Crippen MR) is 130 cm³/mol. The number of anilines is 1. The van der Waals surface area contributed by atoms with Gasteiger partial charge in [-0.25, -0.2) is 8.42 Å². The van der Waals surface area contributed by atoms with Gasteiger partial charge in [-0.15, -0.1) is 0 Å². The zero-order chi connectivity index (χ0) is 23.8. The highest BCUT2D eigenvalue weighted by atomic mass is 32.2. The molecule has 0 radical (unpaired) electrons. The Balaban J connectivity index is 1.79. The van der Waals surface area contributed by atoms with Crippen molar-refractivity contribution in [2.24, 2.45) is 5.10 Å². The molecule has 1 N–H and O–H groups in total. The van der Waals surface area contributed by atoms with E-state index in [0.717, 1.165) is 22.9 Å². The third kappa shape index (κ3) is 5.09. The molecule has 172 valence electrons. The van der Waals surface area contributed by atoms with Crippen molar-refractivity contribution >= 4 is 31.4 Å². The Hall–Kier alpha value is -3.17. The van der Waals surface area contributed by atoms with Crippen LogP contribution < -0.4 is 4.72 Å². The molecular formula is C24H25N3O4S2. The standard InChI is InChI=1S/C24H25N3O4S2/c1-17-10-12-22(13-11-17)33(30,31)27-24(20-8-4-6-18(2)14-20)16-23(25-27)19-7-5-9-21(15-19)26-32(3,28)29/h4-15,24,26H,16H2,1-3H3/t24-/m1/s1. The van der Waals surface area contributed by atoms with E-state index in [1.807, 2.05) is 38.1 Å². The zero-order valence-corrected chi connectivity index (χ0v) is 20.2. The molecule has 0 saturated heterocycles. The van der Waals surface area contributed by atoms with Crippen molar-refractivity contribution in [2.45, 2.75) is 31.2 Å². The van der Waals surface area contributed by atoms with Gasteiger partial charge in [0.25, 0.3) is 10.0 Å². The molecule has 0 bridgehead atoms. The Bertz CT molecular complexity index is 1430. The number of sulfonamides is 2. The molecule has 7 nitrogen and oxygen atoms in total. The minimum Gasteiger partial charge on any atom is -0.284 e. The molecular weight excluding hydrogens is 458 g/mol. The van der Waals surface area contributed by atoms with Gasteiger partial charge >= 0.3 is 0 Å². The van der Waals surface area contributed by atoms with Crippen LogP contribution in [0.1, 0.15) is 34.7 Å². The van der Waals surface area contributed by atoms with E-state index in [9.17, 15) is 16.8 Å². The van der Waals surface area contributed by atoms with Gasteiger partial charge in [-0.05, 0) is 49.2 Å². The summed E-state index contributed by atoms with van der Waals surface area (Å²) >= 11 is 0. The SMILES string of the molecule is Cc1ccc(S(=O)(=O)N2N=C(c3cccc(NS(C)(=O)=O)c3)C[C@@H]2c2cccc(C)c2)cc1. The summed E-state index contributed by atoms with van der Waals surface area (Å²) in [6.45, 7) is 3.86. The van der Waals surface area contributed by atoms with Crippen molar-refractivity contribution in [1.29, 1.82) is 0 Å². The van der Waals surface area contributed by atoms with Crippen LogP contribution in [0, 0.1) is 13.8 Å². The van der Waals surface area contributed by atoms with Gasteiger partial charge in [0.2, 0.25) is 10.0 Å². The fourth-order valence-electron chi connectivity index (χ4n) is 3.80. The van der Waals surface area contributed by atoms with E-state index in [4.69, 9.17) is 0 Å². The van der Waals surface area contributed by atoms with Crippen LogP contribution in [0.3, 0.4) is 0 Å². The van der Waals surface area contributed by atoms with E-state index >= 15 is 0 Å². The molecule has 0 aliphatic carbocycles. The van der Waals surface area contributed by atoms with E-state index in [1.165, 1.54) is 4.41 Å². The Labute approximate surface area is 194 Å². The van der Waals surface area contributed by atoms with Gasteiger partial charge in [-0.2, -0.15) is 17.9 Å². The normalized spacial score (nSPS) is 16.5. The summed E-state index contributed by atoms with van der Waals surface area (Å²) in [6.07, 6.45) is 1.44. The fourth-order valence-corrected chi connectivity index (χ4v) is 5.79. The third-order valence-electron chi connectivity index (χ3n) is 5.36. The quantitative estimate of drug-likeness (QED) is 0.568. The second-order valence-corrected chi connectivity index (χ2v) is 11.8. The molecule has 4 rings (SSSR count). The van der Waals surface area contributed by atoms with Gasteiger partial charge in [-0.3, -0.25) is 4.72 Å². The summed E-state index contributed by atoms with van der Waals surface area (Å²) in [5, 5.41) is 4.54. The molecule has 1 aliphatic rings. The number of rotatable bonds is 6. The fraction of sp³-hybridized carbons (Fsp3) is 0.208. The molecule has 1 heterocycles. The van der Waals surface area contributed by atoms with E-state index in [0.29, 0.717) is 23.4 Å². The summed E-state index contributed by atoms with van der Waals surface area (Å²) in [4.78, 5) is 0.170. The first kappa shape index (κ1) is 23.0. The topological polar surface area (TPSA) is 95.9 Å². The van der Waals surface area contributed by atoms with Crippen molar-refractivity contribution < 1.29 is 16.8 Å². The number of nitrogens with one attached hydrogen (secondary N) is 1. The van der Waals surface area contributed by atoms with Gasteiger partial charge < -0.3 is 0 Å². The van der Waals surface area contributed by atoms with Gasteiger partial charge in [0.15, 0.2) is 0 Å². The van der Waals surface area contributed by atoms with Crippen LogP contribution in [0.15, 0.2) is 82.8 Å². The van der Waals surface area contributed by atoms with Crippen molar-refractivity contribution in [3.8, 4) is 0 Å². The summed E-state index contributed by atoms with van der Waals surface area (Å²) in [5.41, 5.74) is 4.44. The molecule has 1 aliphatic heterocycles. The highest BCUT2D eigenvalue weighted by Crippen LogP contribution is 2.37. The largest absolute Gasteiger partial charge is 0.284 e. The molecule has 9 heteroatoms. The Morgan fingerprint density at radius 3 is 2.24 bits per heavy atom. The van der Waals surface area contributed by atoms with Crippen LogP contribution in [0.2, 0.25) is 0 Å². The number of nitrogens with zero attached hydrogens (tertiary/aromatic N) is 2. The monoisotopic (exact) mass is 483 g/mol. The minimum atomic E-state index is -3.91. The molecule has 0 spiro atoms. The first-order valence-electron chi connectivity index (χ1n) is 10.4. The molecule has 1 atom stereocenters. The number of benzene rings is 3. The highest BCUT2D eigenvalue weighted by molar-refractivity contribution is 7.92. The summed E-state index contributed by atoms with van der Waals surface area (Å²) in [5.74, 6) is 0. The van der Waals surface area contributed by atoms with E-state index in [2.05, 4.69) is 9.82 Å². The molecule has 33 heavy (non-hydrogen) atoms. The second-order valence-electron chi connectivity index (χ2n) is 8.23. The molecule has 3 aromatic rings. The molecule has 0 fully saturated rings. The van der Waals surface area contributed by atoms with Crippen LogP contribution in [-0.4, -0.2) is 33.2 Å². The lowest BCUT2D eigenvalue weighted by Gasteiger charge is -2.23. The van der Waals surface area contributed by atoms with Gasteiger partial charge in [0.05, 0.1) is 22.9 Å². The van der Waals surface area contributed by atoms with Crippen molar-refractivity contribution in [1.82, 2.24) is 4.41 Å². The maximum Gasteiger partial charge on any atom is 0.279 e. The van der Waals surface area contributed by atoms with E-state index in [-0.39, 0.29) is 4.90 Å². The summed E-state index contributed by atoms with van der Waals surface area (Å²) in [7, 11) is -7.36. The lowest BCUT2D eigenvalue weighted by atomic mass is 9.98. The van der Waals surface area contributed by atoms with Crippen LogP contribution in [0.25, 0.3) is 0 Å². The van der Waals surface area contributed by atoms with Crippen LogP contribution >= 0.6 is 0 Å². The summed E-state index contributed by atoms with van der Waals surface area (Å²) < 4.78 is 54.1. The van der Waals surface area contributed by atoms with Crippen LogP contribution in [0.4, 0.5) is 5.69 Å². The number of hydrogen-bond acceptors (Lipinski definition) is 5. The smallest absolute Gasteiger partial charge is 0.279 e. The Morgan fingerprint density at radius 1 is 0.879 bits per heavy atom. The number of hydrazone groups is 1. The van der Waals surface area contributed by atoms with E-state index in [1.54, 1.807) is 48.5 Å². The van der Waals surface area contributed by atoms with Crippen LogP contribution in [0.5, 0.6) is 0 Å². The van der Waals surface area contributed by atoms with Crippen molar-refractivity contribution in [3.63, 3.8) is 0 Å². The van der Waals surface area contributed by atoms with Crippen molar-refractivity contribution in [3.05, 3.63) is 95.1 Å². The second kappa shape index (κ2) is 8.64. The first-order chi connectivity index (χ1) is 15.5. The average Bonchev–Trinajstić information content (AvgIpc) is 3.20. The minimum absolute atomic E-state index is 0.170. The Morgan fingerprint density at radius 2 is 1.58 bits per heavy atom. The lowest BCUT2D eigenvalue weighted by Crippen LogP contribution is -2.27. The molecule has 3 aromatic carbocycles. The van der Waals surface area contributed by atoms with Gasteiger partial charge in [-0.1, -0.05) is 59.7 Å². The number of hydrogen-bond donors (Lipinski definition) is 1. The first-order valence-corrected chi connectivity index (χ1v) is 13.7. The molecule has 0 unspecified atom stereocenters. The van der Waals surface area contributed by atoms with Crippen LogP contribution in [-0.2, 0) is 20.0 Å². The summed E-state index contributed by atoms with van der Waals surface area (Å²) in [6, 6.07) is 20.7. The number of aryl methyl sites for hydroxylation is 2. The van der Waals surface area contributed by atoms with Gasteiger partial charge in [0, 0.05) is 12.1 Å². The lowest BCUT2D eigenvalue weighted by molar-refractivity contribution is 0.371. The molecule has 0 amide bonds. The molecule has 0 saturated carbocycles. The molecule has 0 aromatic heterocycles. The Kier molecular flexibility index (Phi) is 6.02. The average molecular weight is 484 g/mol. The predicted octanol–water partition coefficient (Wildman–Crippen LogP) is 4.21. The highest BCUT2D eigenvalue weighted by Gasteiger charge is 2.37. The van der Waals surface area contributed by atoms with Crippen molar-refractivity contribution in [2.75, 3.05) is 11.0 Å². The van der Waals surface area contributed by atoms with E-state index < -0.39 is 26.1 Å². The zero-order valence-electron chi connectivity index (χ0n) is 18.6. The maximum atomic E-state index is 13.6. The van der Waals surface area contributed by atoms with Gasteiger partial charge in [0.1, 0.15) is 0 Å².